The Morgan fingerprint density at radius 2 is 1.83 bits per heavy atom. The van der Waals surface area contributed by atoms with Crippen molar-refractivity contribution in [2.24, 2.45) is 0 Å². The summed E-state index contributed by atoms with van der Waals surface area (Å²) in [6.07, 6.45) is -4.72. The first-order valence-corrected chi connectivity index (χ1v) is 9.12. The predicted molar refractivity (Wildman–Crippen MR) is 101 cm³/mol. The number of fused-ring (bicyclic) bond motifs is 2. The highest BCUT2D eigenvalue weighted by Crippen LogP contribution is 2.37. The highest BCUT2D eigenvalue weighted by Gasteiger charge is 2.38. The van der Waals surface area contributed by atoms with Crippen molar-refractivity contribution in [3.63, 3.8) is 0 Å². The molecule has 1 aliphatic heterocycles. The lowest BCUT2D eigenvalue weighted by atomic mass is 10.2. The molecule has 158 valence electrons. The minimum atomic E-state index is -4.72. The Bertz CT molecular complexity index is 1080. The van der Waals surface area contributed by atoms with Crippen LogP contribution in [0.1, 0.15) is 11.4 Å². The summed E-state index contributed by atoms with van der Waals surface area (Å²) >= 11 is 0. The maximum absolute atomic E-state index is 13.5. The van der Waals surface area contributed by atoms with Crippen LogP contribution in [-0.4, -0.2) is 35.8 Å². The van der Waals surface area contributed by atoms with Gasteiger partial charge in [-0.1, -0.05) is 12.1 Å². The van der Waals surface area contributed by atoms with E-state index in [1.165, 1.54) is 12.1 Å². The zero-order valence-electron chi connectivity index (χ0n) is 16.0. The molecule has 0 fully saturated rings. The first kappa shape index (κ1) is 19.9. The van der Waals surface area contributed by atoms with Crippen LogP contribution >= 0.6 is 0 Å². The number of ether oxygens (including phenoxy) is 3. The average Bonchev–Trinajstić information content (AvgIpc) is 3.08. The second kappa shape index (κ2) is 7.77. The molecule has 1 aliphatic rings. The van der Waals surface area contributed by atoms with E-state index in [1.54, 1.807) is 31.4 Å². The highest BCUT2D eigenvalue weighted by atomic mass is 19.4. The van der Waals surface area contributed by atoms with Crippen LogP contribution in [0.2, 0.25) is 0 Å². The molecule has 0 aliphatic carbocycles. The number of carbonyl (C=O) groups is 1. The molecule has 10 heteroatoms. The van der Waals surface area contributed by atoms with Gasteiger partial charge in [-0.15, -0.1) is 0 Å². The SMILES string of the molecule is COc1ccc(CNC(=O)Cn2c(C(F)(F)F)nc3cc4c(cc32)OCCO4)cc1. The van der Waals surface area contributed by atoms with Crippen LogP contribution in [0.15, 0.2) is 36.4 Å². The number of nitrogens with zero attached hydrogens (tertiary/aromatic N) is 2. The van der Waals surface area contributed by atoms with Crippen LogP contribution in [-0.2, 0) is 24.1 Å². The Labute approximate surface area is 169 Å². The van der Waals surface area contributed by atoms with E-state index in [9.17, 15) is 18.0 Å². The van der Waals surface area contributed by atoms with Crippen molar-refractivity contribution in [2.75, 3.05) is 20.3 Å². The third-order valence-electron chi connectivity index (χ3n) is 4.62. The average molecular weight is 421 g/mol. The summed E-state index contributed by atoms with van der Waals surface area (Å²) in [5, 5.41) is 2.63. The molecular weight excluding hydrogens is 403 g/mol. The minimum absolute atomic E-state index is 0.0783. The van der Waals surface area contributed by atoms with Gasteiger partial charge in [0.2, 0.25) is 11.7 Å². The van der Waals surface area contributed by atoms with Gasteiger partial charge in [-0.25, -0.2) is 4.98 Å². The predicted octanol–water partition coefficient (Wildman–Crippen LogP) is 3.15. The first-order chi connectivity index (χ1) is 14.3. The molecule has 0 atom stereocenters. The fraction of sp³-hybridized carbons (Fsp3) is 0.300. The van der Waals surface area contributed by atoms with E-state index in [1.807, 2.05) is 0 Å². The number of hydrogen-bond acceptors (Lipinski definition) is 5. The van der Waals surface area contributed by atoms with E-state index < -0.39 is 24.5 Å². The number of methoxy groups -OCH3 is 1. The number of imidazole rings is 1. The van der Waals surface area contributed by atoms with Crippen molar-refractivity contribution < 1.29 is 32.2 Å². The van der Waals surface area contributed by atoms with Crippen LogP contribution in [0.4, 0.5) is 13.2 Å². The lowest BCUT2D eigenvalue weighted by Gasteiger charge is -2.18. The lowest BCUT2D eigenvalue weighted by molar-refractivity contribution is -0.147. The molecule has 0 unspecified atom stereocenters. The van der Waals surface area contributed by atoms with Gasteiger partial charge in [0.25, 0.3) is 0 Å². The summed E-state index contributed by atoms with van der Waals surface area (Å²) in [7, 11) is 1.54. The van der Waals surface area contributed by atoms with E-state index in [0.29, 0.717) is 30.5 Å². The van der Waals surface area contributed by atoms with Gasteiger partial charge < -0.3 is 24.1 Å². The number of aromatic nitrogens is 2. The molecule has 0 saturated carbocycles. The molecule has 1 N–H and O–H groups in total. The molecular formula is C20H18F3N3O4. The summed E-state index contributed by atoms with van der Waals surface area (Å²) in [5.74, 6) is -0.414. The number of benzene rings is 2. The Hall–Kier alpha value is -3.43. The molecule has 3 aromatic rings. The van der Waals surface area contributed by atoms with Crippen molar-refractivity contribution in [1.82, 2.24) is 14.9 Å². The Kier molecular flexibility index (Phi) is 5.15. The number of rotatable bonds is 5. The Morgan fingerprint density at radius 1 is 1.17 bits per heavy atom. The summed E-state index contributed by atoms with van der Waals surface area (Å²) in [5.41, 5.74) is 1.01. The zero-order chi connectivity index (χ0) is 21.3. The van der Waals surface area contributed by atoms with Crippen LogP contribution in [0, 0.1) is 0 Å². The molecule has 2 heterocycles. The van der Waals surface area contributed by atoms with Crippen LogP contribution in [0.5, 0.6) is 17.2 Å². The van der Waals surface area contributed by atoms with E-state index >= 15 is 0 Å². The van der Waals surface area contributed by atoms with Gasteiger partial charge >= 0.3 is 6.18 Å². The van der Waals surface area contributed by atoms with Crippen molar-refractivity contribution in [2.45, 2.75) is 19.3 Å². The number of amides is 1. The van der Waals surface area contributed by atoms with Gasteiger partial charge in [0, 0.05) is 18.7 Å². The number of halogens is 3. The lowest BCUT2D eigenvalue weighted by Crippen LogP contribution is -2.29. The number of hydrogen-bond donors (Lipinski definition) is 1. The van der Waals surface area contributed by atoms with E-state index in [2.05, 4.69) is 10.3 Å². The number of carbonyl (C=O) groups excluding carboxylic acids is 1. The van der Waals surface area contributed by atoms with Gasteiger partial charge in [-0.3, -0.25) is 4.79 Å². The van der Waals surface area contributed by atoms with Gasteiger partial charge in [-0.2, -0.15) is 13.2 Å². The normalized spacial score (nSPS) is 13.3. The third-order valence-corrected chi connectivity index (χ3v) is 4.62. The quantitative estimate of drug-likeness (QED) is 0.685. The fourth-order valence-electron chi connectivity index (χ4n) is 3.18. The number of alkyl halides is 3. The smallest absolute Gasteiger partial charge is 0.449 e. The molecule has 2 aromatic carbocycles. The summed E-state index contributed by atoms with van der Waals surface area (Å²) in [4.78, 5) is 16.1. The van der Waals surface area contributed by atoms with Gasteiger partial charge in [-0.05, 0) is 17.7 Å². The molecule has 0 saturated heterocycles. The van der Waals surface area contributed by atoms with E-state index in [0.717, 1.165) is 10.1 Å². The van der Waals surface area contributed by atoms with Crippen LogP contribution in [0.25, 0.3) is 11.0 Å². The van der Waals surface area contributed by atoms with Crippen LogP contribution < -0.4 is 19.5 Å². The van der Waals surface area contributed by atoms with Crippen molar-refractivity contribution in [3.05, 3.63) is 47.8 Å². The molecule has 1 aromatic heterocycles. The summed E-state index contributed by atoms with van der Waals surface area (Å²) in [6.45, 7) is 0.227. The van der Waals surface area contributed by atoms with Gasteiger partial charge in [0.1, 0.15) is 25.5 Å². The Balaban J connectivity index is 1.58. The number of nitrogens with one attached hydrogen (secondary N) is 1. The monoisotopic (exact) mass is 421 g/mol. The van der Waals surface area contributed by atoms with Crippen molar-refractivity contribution in [3.8, 4) is 17.2 Å². The van der Waals surface area contributed by atoms with E-state index in [4.69, 9.17) is 14.2 Å². The molecule has 0 radical (unpaired) electrons. The molecule has 0 spiro atoms. The molecule has 30 heavy (non-hydrogen) atoms. The Morgan fingerprint density at radius 3 is 2.47 bits per heavy atom. The van der Waals surface area contributed by atoms with Crippen molar-refractivity contribution >= 4 is 16.9 Å². The largest absolute Gasteiger partial charge is 0.497 e. The van der Waals surface area contributed by atoms with E-state index in [-0.39, 0.29) is 17.6 Å². The highest BCUT2D eigenvalue weighted by molar-refractivity contribution is 5.84. The summed E-state index contributed by atoms with van der Waals surface area (Å²) < 4.78 is 57.4. The van der Waals surface area contributed by atoms with Crippen molar-refractivity contribution in [1.29, 1.82) is 0 Å². The molecule has 0 bridgehead atoms. The minimum Gasteiger partial charge on any atom is -0.497 e. The maximum Gasteiger partial charge on any atom is 0.449 e. The molecule has 4 rings (SSSR count). The first-order valence-electron chi connectivity index (χ1n) is 9.12. The fourth-order valence-corrected chi connectivity index (χ4v) is 3.18. The second-order valence-corrected chi connectivity index (χ2v) is 6.63. The standard InChI is InChI=1S/C20H18F3N3O4/c1-28-13-4-2-12(3-5-13)10-24-18(27)11-26-15-9-17-16(29-6-7-30-17)8-14(15)25-19(26)20(21,22)23/h2-5,8-9H,6-7,10-11H2,1H3,(H,24,27). The molecule has 1 amide bonds. The second-order valence-electron chi connectivity index (χ2n) is 6.63. The molecule has 7 nitrogen and oxygen atoms in total. The topological polar surface area (TPSA) is 74.6 Å². The van der Waals surface area contributed by atoms with Crippen LogP contribution in [0.3, 0.4) is 0 Å². The van der Waals surface area contributed by atoms with Gasteiger partial charge in [0.05, 0.1) is 18.1 Å². The summed E-state index contributed by atoms with van der Waals surface area (Å²) in [6, 6.07) is 9.80. The third kappa shape index (κ3) is 3.98. The maximum atomic E-state index is 13.5. The zero-order valence-corrected chi connectivity index (χ0v) is 16.0. The van der Waals surface area contributed by atoms with Gasteiger partial charge in [0.15, 0.2) is 11.5 Å².